The van der Waals surface area contributed by atoms with E-state index in [1.807, 2.05) is 23.5 Å². The Labute approximate surface area is 133 Å². The van der Waals surface area contributed by atoms with Gasteiger partial charge >= 0.3 is 0 Å². The van der Waals surface area contributed by atoms with E-state index in [1.165, 1.54) is 21.3 Å². The lowest BCUT2D eigenvalue weighted by Gasteiger charge is -2.09. The number of fused-ring (bicyclic) bond motifs is 3. The summed E-state index contributed by atoms with van der Waals surface area (Å²) < 4.78 is 3.77. The fourth-order valence-corrected chi connectivity index (χ4v) is 4.58. The number of benzene rings is 1. The molecule has 0 atom stereocenters. The molecule has 4 heteroatoms. The Morgan fingerprint density at radius 3 is 2.90 bits per heavy atom. The zero-order chi connectivity index (χ0) is 14.2. The Morgan fingerprint density at radius 1 is 1.14 bits per heavy atom. The second-order valence-electron chi connectivity index (χ2n) is 5.50. The van der Waals surface area contributed by atoms with Crippen molar-refractivity contribution >= 4 is 33.2 Å². The quantitative estimate of drug-likeness (QED) is 0.753. The maximum atomic E-state index is 6.32. The lowest BCUT2D eigenvalue weighted by molar-refractivity contribution is 0.711. The number of hydrogen-bond donors (Lipinski definition) is 1. The molecule has 0 radical (unpaired) electrons. The second-order valence-corrected chi connectivity index (χ2v) is 7.05. The molecule has 0 saturated heterocycles. The van der Waals surface area contributed by atoms with E-state index < -0.39 is 0 Å². The Kier molecular flexibility index (Phi) is 3.49. The molecule has 3 heterocycles. The lowest BCUT2D eigenvalue weighted by Crippen LogP contribution is -2.16. The van der Waals surface area contributed by atoms with Gasteiger partial charge in [-0.3, -0.25) is 0 Å². The zero-order valence-electron chi connectivity index (χ0n) is 11.7. The molecular formula is C17H17ClN2S. The van der Waals surface area contributed by atoms with E-state index >= 15 is 0 Å². The zero-order valence-corrected chi connectivity index (χ0v) is 13.3. The third-order valence-corrected chi connectivity index (χ3v) is 5.78. The smallest absolute Gasteiger partial charge is 0.0628 e. The monoisotopic (exact) mass is 316 g/mol. The van der Waals surface area contributed by atoms with Crippen LogP contribution >= 0.6 is 22.9 Å². The predicted molar refractivity (Wildman–Crippen MR) is 90.6 cm³/mol. The van der Waals surface area contributed by atoms with Crippen LogP contribution in [0, 0.1) is 0 Å². The number of rotatable bonds is 2. The average Bonchev–Trinajstić information content (AvgIpc) is 2.94. The topological polar surface area (TPSA) is 17.0 Å². The van der Waals surface area contributed by atoms with E-state index in [9.17, 15) is 0 Å². The number of aromatic nitrogens is 1. The molecule has 4 rings (SSSR count). The van der Waals surface area contributed by atoms with Crippen molar-refractivity contribution < 1.29 is 0 Å². The van der Waals surface area contributed by atoms with E-state index in [0.29, 0.717) is 0 Å². The molecule has 0 fully saturated rings. The molecule has 0 bridgehead atoms. The van der Waals surface area contributed by atoms with Crippen LogP contribution in [0.3, 0.4) is 0 Å². The highest BCUT2D eigenvalue weighted by Crippen LogP contribution is 2.34. The summed E-state index contributed by atoms with van der Waals surface area (Å²) in [5.41, 5.74) is 4.14. The fourth-order valence-electron chi connectivity index (χ4n) is 3.13. The molecule has 1 aliphatic heterocycles. The van der Waals surface area contributed by atoms with E-state index in [4.69, 9.17) is 11.6 Å². The molecule has 3 aromatic rings. The summed E-state index contributed by atoms with van der Waals surface area (Å²) in [5, 5.41) is 4.34. The van der Waals surface area contributed by atoms with E-state index in [-0.39, 0.29) is 0 Å². The first kappa shape index (κ1) is 13.4. The number of nitrogens with one attached hydrogen (secondary N) is 1. The Morgan fingerprint density at radius 2 is 2.00 bits per heavy atom. The van der Waals surface area contributed by atoms with Gasteiger partial charge in [-0.05, 0) is 49.2 Å². The minimum atomic E-state index is 0.847. The molecule has 108 valence electrons. The van der Waals surface area contributed by atoms with Gasteiger partial charge in [0.15, 0.2) is 0 Å². The molecule has 0 aliphatic carbocycles. The van der Waals surface area contributed by atoms with Crippen LogP contribution in [0.25, 0.3) is 10.2 Å². The highest BCUT2D eigenvalue weighted by atomic mass is 35.5. The number of thiophene rings is 1. The molecule has 0 amide bonds. The first-order valence-electron chi connectivity index (χ1n) is 7.36. The van der Waals surface area contributed by atoms with Gasteiger partial charge in [-0.1, -0.05) is 29.8 Å². The SMILES string of the molecule is Clc1ccccc1Cn1ccc2sc3c(c21)CCNCC3. The molecule has 0 unspecified atom stereocenters. The average molecular weight is 317 g/mol. The first-order valence-corrected chi connectivity index (χ1v) is 8.56. The van der Waals surface area contributed by atoms with Gasteiger partial charge in [0.1, 0.15) is 0 Å². The second kappa shape index (κ2) is 5.48. The Hall–Kier alpha value is -1.29. The van der Waals surface area contributed by atoms with Crippen molar-refractivity contribution in [1.82, 2.24) is 9.88 Å². The van der Waals surface area contributed by atoms with Crippen molar-refractivity contribution in [2.45, 2.75) is 19.4 Å². The number of halogens is 1. The van der Waals surface area contributed by atoms with Crippen LogP contribution < -0.4 is 5.32 Å². The summed E-state index contributed by atoms with van der Waals surface area (Å²) in [6, 6.07) is 10.4. The highest BCUT2D eigenvalue weighted by molar-refractivity contribution is 7.19. The molecular weight excluding hydrogens is 300 g/mol. The van der Waals surface area contributed by atoms with Crippen molar-refractivity contribution in [3.63, 3.8) is 0 Å². The highest BCUT2D eigenvalue weighted by Gasteiger charge is 2.17. The minimum Gasteiger partial charge on any atom is -0.342 e. The van der Waals surface area contributed by atoms with Crippen LogP contribution in [-0.2, 0) is 19.4 Å². The van der Waals surface area contributed by atoms with Crippen molar-refractivity contribution in [2.75, 3.05) is 13.1 Å². The van der Waals surface area contributed by atoms with Crippen LogP contribution in [0.4, 0.5) is 0 Å². The van der Waals surface area contributed by atoms with Crippen molar-refractivity contribution in [1.29, 1.82) is 0 Å². The first-order chi connectivity index (χ1) is 10.3. The maximum Gasteiger partial charge on any atom is 0.0628 e. The molecule has 1 N–H and O–H groups in total. The fraction of sp³-hybridized carbons (Fsp3) is 0.294. The molecule has 21 heavy (non-hydrogen) atoms. The van der Waals surface area contributed by atoms with Crippen molar-refractivity contribution in [3.8, 4) is 0 Å². The summed E-state index contributed by atoms with van der Waals surface area (Å²) >= 11 is 8.27. The van der Waals surface area contributed by atoms with Gasteiger partial charge in [-0.25, -0.2) is 0 Å². The third kappa shape index (κ3) is 2.39. The van der Waals surface area contributed by atoms with Crippen LogP contribution in [0.15, 0.2) is 36.5 Å². The largest absolute Gasteiger partial charge is 0.342 e. The van der Waals surface area contributed by atoms with Gasteiger partial charge in [0, 0.05) is 22.6 Å². The van der Waals surface area contributed by atoms with Gasteiger partial charge in [-0.2, -0.15) is 0 Å². The molecule has 1 aromatic carbocycles. The standard InChI is InChI=1S/C17H17ClN2S/c18-14-4-2-1-3-12(14)11-20-10-7-16-17(20)13-5-8-19-9-6-15(13)21-16/h1-4,7,10,19H,5-6,8-9,11H2. The third-order valence-electron chi connectivity index (χ3n) is 4.16. The van der Waals surface area contributed by atoms with Gasteiger partial charge in [-0.15, -0.1) is 11.3 Å². The summed E-state index contributed by atoms with van der Waals surface area (Å²) in [6.07, 6.45) is 4.48. The molecule has 2 aromatic heterocycles. The molecule has 2 nitrogen and oxygen atoms in total. The van der Waals surface area contributed by atoms with E-state index in [2.05, 4.69) is 34.3 Å². The predicted octanol–water partition coefficient (Wildman–Crippen LogP) is 4.09. The Bertz CT molecular complexity index is 787. The summed E-state index contributed by atoms with van der Waals surface area (Å²) in [5.74, 6) is 0. The van der Waals surface area contributed by atoms with Crippen LogP contribution in [0.1, 0.15) is 16.0 Å². The summed E-state index contributed by atoms with van der Waals surface area (Å²) in [7, 11) is 0. The molecule has 0 saturated carbocycles. The number of nitrogens with zero attached hydrogens (tertiary/aromatic N) is 1. The van der Waals surface area contributed by atoms with Gasteiger partial charge < -0.3 is 9.88 Å². The normalized spacial score (nSPS) is 15.1. The summed E-state index contributed by atoms with van der Waals surface area (Å²) in [6.45, 7) is 3.02. The van der Waals surface area contributed by atoms with Crippen molar-refractivity contribution in [2.24, 2.45) is 0 Å². The maximum absolute atomic E-state index is 6.32. The van der Waals surface area contributed by atoms with Crippen LogP contribution in [0.2, 0.25) is 5.02 Å². The van der Waals surface area contributed by atoms with E-state index in [0.717, 1.165) is 37.5 Å². The number of hydrogen-bond acceptors (Lipinski definition) is 2. The lowest BCUT2D eigenvalue weighted by atomic mass is 10.1. The van der Waals surface area contributed by atoms with Crippen LogP contribution in [-0.4, -0.2) is 17.7 Å². The van der Waals surface area contributed by atoms with Crippen LogP contribution in [0.5, 0.6) is 0 Å². The van der Waals surface area contributed by atoms with Gasteiger partial charge in [0.2, 0.25) is 0 Å². The van der Waals surface area contributed by atoms with Crippen molar-refractivity contribution in [3.05, 3.63) is 57.6 Å². The minimum absolute atomic E-state index is 0.847. The van der Waals surface area contributed by atoms with E-state index in [1.54, 1.807) is 4.88 Å². The molecule has 0 spiro atoms. The van der Waals surface area contributed by atoms with Gasteiger partial charge in [0.05, 0.1) is 10.2 Å². The molecule has 1 aliphatic rings. The van der Waals surface area contributed by atoms with Gasteiger partial charge in [0.25, 0.3) is 0 Å². The Balaban J connectivity index is 1.79. The summed E-state index contributed by atoms with van der Waals surface area (Å²) in [4.78, 5) is 1.55.